The molecule has 1 heterocycles. The Hall–Kier alpha value is -1.63. The van der Waals surface area contributed by atoms with Crippen LogP contribution in [0.2, 0.25) is 0 Å². The van der Waals surface area contributed by atoms with Crippen molar-refractivity contribution in [2.24, 2.45) is 4.99 Å². The van der Waals surface area contributed by atoms with Gasteiger partial charge in [-0.15, -0.1) is 24.0 Å². The maximum atomic E-state index is 12.1. The molecule has 2 aromatic rings. The summed E-state index contributed by atoms with van der Waals surface area (Å²) in [6.45, 7) is 5.03. The summed E-state index contributed by atoms with van der Waals surface area (Å²) >= 11 is 0. The third-order valence-electron chi connectivity index (χ3n) is 4.05. The molecule has 0 atom stereocenters. The lowest BCUT2D eigenvalue weighted by molar-refractivity contribution is 0.105. The summed E-state index contributed by atoms with van der Waals surface area (Å²) in [5.74, 6) is 1.53. The van der Waals surface area contributed by atoms with Gasteiger partial charge in [0.2, 0.25) is 10.0 Å². The monoisotopic (exact) mass is 550 g/mol. The van der Waals surface area contributed by atoms with Crippen LogP contribution < -0.4 is 10.6 Å². The first-order chi connectivity index (χ1) is 13.9. The third kappa shape index (κ3) is 8.62. The second-order valence-corrected chi connectivity index (χ2v) is 8.69. The highest BCUT2D eigenvalue weighted by molar-refractivity contribution is 14.0. The zero-order valence-corrected chi connectivity index (χ0v) is 20.8. The fourth-order valence-corrected chi connectivity index (χ4v) is 3.34. The number of nitrogens with one attached hydrogen (secondary N) is 2. The van der Waals surface area contributed by atoms with Crippen LogP contribution in [0.4, 0.5) is 0 Å². The van der Waals surface area contributed by atoms with Crippen molar-refractivity contribution in [3.05, 3.63) is 54.0 Å². The van der Waals surface area contributed by atoms with E-state index in [4.69, 9.17) is 9.15 Å². The van der Waals surface area contributed by atoms with E-state index in [-0.39, 0.29) is 28.9 Å². The van der Waals surface area contributed by atoms with Crippen molar-refractivity contribution >= 4 is 40.0 Å². The van der Waals surface area contributed by atoms with Crippen molar-refractivity contribution in [1.29, 1.82) is 0 Å². The molecule has 2 rings (SSSR count). The number of hydrogen-bond donors (Lipinski definition) is 2. The Kier molecular flexibility index (Phi) is 12.0. The van der Waals surface area contributed by atoms with Crippen LogP contribution in [0.1, 0.15) is 24.7 Å². The summed E-state index contributed by atoms with van der Waals surface area (Å²) in [5, 5.41) is 6.47. The summed E-state index contributed by atoms with van der Waals surface area (Å²) in [6.07, 6.45) is 2.47. The third-order valence-corrected chi connectivity index (χ3v) is 5.88. The molecule has 0 fully saturated rings. The fraction of sp³-hybridized carbons (Fsp3) is 0.450. The number of sulfonamides is 1. The predicted octanol–water partition coefficient (Wildman–Crippen LogP) is 2.81. The predicted molar refractivity (Wildman–Crippen MR) is 129 cm³/mol. The minimum absolute atomic E-state index is 0. The van der Waals surface area contributed by atoms with Gasteiger partial charge >= 0.3 is 0 Å². The van der Waals surface area contributed by atoms with E-state index >= 15 is 0 Å². The van der Waals surface area contributed by atoms with Gasteiger partial charge in [0.05, 0.1) is 17.7 Å². The van der Waals surface area contributed by atoms with Crippen molar-refractivity contribution < 1.29 is 17.6 Å². The number of nitrogens with zero attached hydrogens (tertiary/aromatic N) is 2. The van der Waals surface area contributed by atoms with E-state index in [1.165, 1.54) is 18.4 Å². The molecular formula is C20H31IN4O4S. The number of hydrogen-bond acceptors (Lipinski definition) is 5. The van der Waals surface area contributed by atoms with Crippen molar-refractivity contribution in [1.82, 2.24) is 14.9 Å². The molecular weight excluding hydrogens is 519 g/mol. The topological polar surface area (TPSA) is 96.2 Å². The van der Waals surface area contributed by atoms with Crippen LogP contribution in [0.5, 0.6) is 0 Å². The molecule has 168 valence electrons. The minimum Gasteiger partial charge on any atom is -0.467 e. The molecule has 1 aromatic carbocycles. The van der Waals surface area contributed by atoms with E-state index in [1.54, 1.807) is 30.5 Å². The van der Waals surface area contributed by atoms with Crippen molar-refractivity contribution in [2.75, 3.05) is 33.8 Å². The van der Waals surface area contributed by atoms with E-state index in [1.807, 2.05) is 19.1 Å². The Balaban J connectivity index is 0.00000450. The first-order valence-electron chi connectivity index (χ1n) is 9.57. The molecule has 0 saturated heterocycles. The van der Waals surface area contributed by atoms with Gasteiger partial charge in [0.15, 0.2) is 5.96 Å². The Labute approximate surface area is 196 Å². The maximum Gasteiger partial charge on any atom is 0.242 e. The summed E-state index contributed by atoms with van der Waals surface area (Å²) in [5.41, 5.74) is 0.932. The molecule has 8 nitrogen and oxygen atoms in total. The van der Waals surface area contributed by atoms with Gasteiger partial charge in [-0.25, -0.2) is 17.7 Å². The second kappa shape index (κ2) is 13.6. The number of guanidine groups is 1. The molecule has 0 aliphatic carbocycles. The number of rotatable bonds is 11. The van der Waals surface area contributed by atoms with E-state index in [0.29, 0.717) is 25.7 Å². The van der Waals surface area contributed by atoms with Gasteiger partial charge in [0.1, 0.15) is 12.4 Å². The van der Waals surface area contributed by atoms with Crippen LogP contribution in [0.25, 0.3) is 0 Å². The van der Waals surface area contributed by atoms with Crippen molar-refractivity contribution in [3.63, 3.8) is 0 Å². The number of benzene rings is 1. The normalized spacial score (nSPS) is 11.9. The lowest BCUT2D eigenvalue weighted by Crippen LogP contribution is -2.38. The summed E-state index contributed by atoms with van der Waals surface area (Å²) < 4.78 is 36.2. The fourth-order valence-electron chi connectivity index (χ4n) is 2.44. The molecule has 0 spiro atoms. The summed E-state index contributed by atoms with van der Waals surface area (Å²) in [4.78, 5) is 4.82. The number of halogens is 1. The zero-order valence-electron chi connectivity index (χ0n) is 17.6. The SMILES string of the molecule is CCNC(=NCc1ccc(S(=O)(=O)N(C)C)cc1)NCCCOCc1ccco1.I. The quantitative estimate of drug-likeness (QED) is 0.193. The lowest BCUT2D eigenvalue weighted by Gasteiger charge is -2.12. The average molecular weight is 550 g/mol. The van der Waals surface area contributed by atoms with Crippen LogP contribution in [0.3, 0.4) is 0 Å². The number of ether oxygens (including phenoxy) is 1. The molecule has 0 radical (unpaired) electrons. The zero-order chi connectivity index (χ0) is 21.1. The first kappa shape index (κ1) is 26.4. The molecule has 0 aliphatic heterocycles. The average Bonchev–Trinajstić information content (AvgIpc) is 3.22. The highest BCUT2D eigenvalue weighted by Crippen LogP contribution is 2.14. The highest BCUT2D eigenvalue weighted by atomic mass is 127. The smallest absolute Gasteiger partial charge is 0.242 e. The number of furan rings is 1. The molecule has 10 heteroatoms. The van der Waals surface area contributed by atoms with Crippen LogP contribution in [-0.2, 0) is 27.9 Å². The molecule has 0 amide bonds. The van der Waals surface area contributed by atoms with E-state index in [2.05, 4.69) is 15.6 Å². The largest absolute Gasteiger partial charge is 0.467 e. The molecule has 0 saturated carbocycles. The molecule has 30 heavy (non-hydrogen) atoms. The van der Waals surface area contributed by atoms with Gasteiger partial charge < -0.3 is 19.8 Å². The van der Waals surface area contributed by atoms with Crippen LogP contribution in [0, 0.1) is 0 Å². The highest BCUT2D eigenvalue weighted by Gasteiger charge is 2.16. The Bertz CT molecular complexity index is 853. The second-order valence-electron chi connectivity index (χ2n) is 6.54. The lowest BCUT2D eigenvalue weighted by atomic mass is 10.2. The van der Waals surface area contributed by atoms with Crippen molar-refractivity contribution in [2.45, 2.75) is 31.4 Å². The molecule has 0 aliphatic rings. The van der Waals surface area contributed by atoms with Gasteiger partial charge in [0.25, 0.3) is 0 Å². The maximum absolute atomic E-state index is 12.1. The standard InChI is InChI=1S/C20H30N4O4S.HI/c1-4-21-20(22-12-6-13-27-16-18-7-5-14-28-18)23-15-17-8-10-19(11-9-17)29(25,26)24(2)3;/h5,7-11,14H,4,6,12-13,15-16H2,1-3H3,(H2,21,22,23);1H. The first-order valence-corrected chi connectivity index (χ1v) is 11.0. The van der Waals surface area contributed by atoms with Crippen LogP contribution in [-0.4, -0.2) is 52.5 Å². The number of aliphatic imine (C=N–C) groups is 1. The molecule has 1 aromatic heterocycles. The van der Waals surface area contributed by atoms with Gasteiger partial charge in [-0.3, -0.25) is 0 Å². The van der Waals surface area contributed by atoms with Gasteiger partial charge in [-0.05, 0) is 43.2 Å². The van der Waals surface area contributed by atoms with Gasteiger partial charge in [-0.1, -0.05) is 12.1 Å². The molecule has 0 unspecified atom stereocenters. The minimum atomic E-state index is -3.41. The van der Waals surface area contributed by atoms with Gasteiger partial charge in [-0.2, -0.15) is 0 Å². The molecule has 2 N–H and O–H groups in total. The van der Waals surface area contributed by atoms with Crippen molar-refractivity contribution in [3.8, 4) is 0 Å². The van der Waals surface area contributed by atoms with E-state index in [9.17, 15) is 8.42 Å². The van der Waals surface area contributed by atoms with Crippen LogP contribution in [0.15, 0.2) is 57.0 Å². The van der Waals surface area contributed by atoms with E-state index < -0.39 is 10.0 Å². The Morgan fingerprint density at radius 1 is 1.17 bits per heavy atom. The van der Waals surface area contributed by atoms with E-state index in [0.717, 1.165) is 30.8 Å². The Morgan fingerprint density at radius 3 is 2.50 bits per heavy atom. The summed E-state index contributed by atoms with van der Waals surface area (Å²) in [7, 11) is -0.377. The van der Waals surface area contributed by atoms with Gasteiger partial charge in [0, 0.05) is 33.8 Å². The van der Waals surface area contributed by atoms with Crippen LogP contribution >= 0.6 is 24.0 Å². The molecule has 0 bridgehead atoms. The Morgan fingerprint density at radius 2 is 1.90 bits per heavy atom. The summed E-state index contributed by atoms with van der Waals surface area (Å²) in [6, 6.07) is 10.5.